The topological polar surface area (TPSA) is 91.3 Å². The molecule has 0 aromatic carbocycles. The van der Waals surface area contributed by atoms with E-state index in [0.29, 0.717) is 0 Å². The van der Waals surface area contributed by atoms with Crippen LogP contribution in [0.3, 0.4) is 0 Å². The summed E-state index contributed by atoms with van der Waals surface area (Å²) in [5, 5.41) is 16.4. The highest BCUT2D eigenvalue weighted by molar-refractivity contribution is 7.09. The molecule has 2 amide bonds. The molecular weight excluding hydrogens is 266 g/mol. The third kappa shape index (κ3) is 4.26. The van der Waals surface area contributed by atoms with E-state index in [4.69, 9.17) is 11.5 Å². The quantitative estimate of drug-likeness (QED) is 0.706. The number of carbonyl (C=O) groups excluding carboxylic acids is 1. The van der Waals surface area contributed by atoms with Gasteiger partial charge in [-0.15, -0.1) is 23.7 Å². The Balaban J connectivity index is 2.65. The Morgan fingerprint density at radius 3 is 2.79 bits per heavy atom. The van der Waals surface area contributed by atoms with Crippen molar-refractivity contribution in [1.29, 1.82) is 0 Å². The first-order valence-electron chi connectivity index (χ1n) is 5.51. The molecule has 1 aromatic heterocycles. The number of amides is 2. The van der Waals surface area contributed by atoms with E-state index in [9.17, 15) is 9.59 Å². The first-order chi connectivity index (χ1) is 8.86. The van der Waals surface area contributed by atoms with E-state index in [2.05, 4.69) is 21.5 Å². The van der Waals surface area contributed by atoms with Gasteiger partial charge in [0.25, 0.3) is 0 Å². The number of carbonyl (C=O) groups is 2. The number of nitrogens with one attached hydrogen (secondary N) is 2. The summed E-state index contributed by atoms with van der Waals surface area (Å²) < 4.78 is 0. The lowest BCUT2D eigenvalue weighted by Gasteiger charge is -2.25. The van der Waals surface area contributed by atoms with Crippen LogP contribution in [0.5, 0.6) is 0 Å². The van der Waals surface area contributed by atoms with Gasteiger partial charge in [0, 0.05) is 18.0 Å². The highest BCUT2D eigenvalue weighted by Crippen LogP contribution is 2.21. The predicted molar refractivity (Wildman–Crippen MR) is 71.7 cm³/mol. The number of hydrogen-bond donors (Lipinski definition) is 3. The Morgan fingerprint density at radius 2 is 2.32 bits per heavy atom. The summed E-state index contributed by atoms with van der Waals surface area (Å²) in [5.74, 6) is 1.04. The largest absolute Gasteiger partial charge is 0.480 e. The van der Waals surface area contributed by atoms with Crippen LogP contribution in [-0.4, -0.2) is 28.1 Å². The second kappa shape index (κ2) is 6.20. The Kier molecular flexibility index (Phi) is 4.89. The predicted octanol–water partition coefficient (Wildman–Crippen LogP) is 1.15. The molecule has 0 spiro atoms. The molecule has 1 aromatic rings. The van der Waals surface area contributed by atoms with Gasteiger partial charge in [-0.2, -0.15) is 0 Å². The molecule has 0 aliphatic rings. The fraction of sp³-hybridized carbons (Fsp3) is 0.417. The van der Waals surface area contributed by atoms with Crippen LogP contribution < -0.4 is 10.6 Å². The molecule has 3 N–H and O–H groups in total. The number of carboxylic acid groups (broad SMARTS) is 1. The van der Waals surface area contributed by atoms with Crippen LogP contribution >= 0.6 is 11.3 Å². The summed E-state index contributed by atoms with van der Waals surface area (Å²) in [7, 11) is 0. The summed E-state index contributed by atoms with van der Waals surface area (Å²) in [6.07, 6.45) is 6.62. The van der Waals surface area contributed by atoms with Crippen molar-refractivity contribution in [2.75, 3.05) is 0 Å². The lowest BCUT2D eigenvalue weighted by molar-refractivity contribution is -0.139. The molecule has 0 saturated heterocycles. The zero-order valence-corrected chi connectivity index (χ0v) is 11.5. The maximum absolute atomic E-state index is 11.8. The van der Waals surface area contributed by atoms with E-state index in [1.54, 1.807) is 25.4 Å². The van der Waals surface area contributed by atoms with Gasteiger partial charge in [-0.25, -0.2) is 14.6 Å². The molecule has 1 unspecified atom stereocenters. The number of aliphatic carboxylic acids is 1. The molecule has 102 valence electrons. The van der Waals surface area contributed by atoms with E-state index in [1.807, 2.05) is 0 Å². The Morgan fingerprint density at radius 1 is 1.63 bits per heavy atom. The van der Waals surface area contributed by atoms with Crippen LogP contribution in [0.15, 0.2) is 11.6 Å². The molecule has 19 heavy (non-hydrogen) atoms. The van der Waals surface area contributed by atoms with Crippen LogP contribution in [0.2, 0.25) is 0 Å². The average molecular weight is 281 g/mol. The third-order valence-corrected chi connectivity index (χ3v) is 3.42. The lowest BCUT2D eigenvalue weighted by atomic mass is 10.1. The minimum absolute atomic E-state index is 0.0690. The van der Waals surface area contributed by atoms with Gasteiger partial charge >= 0.3 is 12.0 Å². The zero-order valence-electron chi connectivity index (χ0n) is 10.6. The monoisotopic (exact) mass is 281 g/mol. The maximum Gasteiger partial charge on any atom is 0.327 e. The number of nitrogens with zero attached hydrogens (tertiary/aromatic N) is 1. The Labute approximate surface area is 115 Å². The van der Waals surface area contributed by atoms with Crippen molar-refractivity contribution in [2.45, 2.75) is 31.8 Å². The zero-order chi connectivity index (χ0) is 14.5. The van der Waals surface area contributed by atoms with Crippen molar-refractivity contribution in [3.05, 3.63) is 16.6 Å². The van der Waals surface area contributed by atoms with Crippen molar-refractivity contribution < 1.29 is 14.7 Å². The molecule has 0 aliphatic carbocycles. The van der Waals surface area contributed by atoms with Gasteiger partial charge in [0.05, 0.1) is 5.54 Å². The summed E-state index contributed by atoms with van der Waals surface area (Å²) in [6.45, 7) is 3.56. The van der Waals surface area contributed by atoms with Crippen molar-refractivity contribution >= 4 is 23.3 Å². The van der Waals surface area contributed by atoms with Gasteiger partial charge in [0.1, 0.15) is 11.0 Å². The molecule has 1 rings (SSSR count). The highest BCUT2D eigenvalue weighted by Gasteiger charge is 2.27. The van der Waals surface area contributed by atoms with Gasteiger partial charge in [-0.05, 0) is 13.8 Å². The molecule has 7 heteroatoms. The van der Waals surface area contributed by atoms with Crippen LogP contribution in [-0.2, 0) is 10.3 Å². The van der Waals surface area contributed by atoms with E-state index in [1.165, 1.54) is 11.3 Å². The average Bonchev–Trinajstić information content (AvgIpc) is 2.81. The fourth-order valence-corrected chi connectivity index (χ4v) is 2.10. The smallest absolute Gasteiger partial charge is 0.327 e. The van der Waals surface area contributed by atoms with E-state index >= 15 is 0 Å². The van der Waals surface area contributed by atoms with Gasteiger partial charge in [-0.1, -0.05) is 0 Å². The highest BCUT2D eigenvalue weighted by atomic mass is 32.1. The Hall–Kier alpha value is -2.07. The number of carboxylic acids is 1. The second-order valence-corrected chi connectivity index (χ2v) is 5.25. The van der Waals surface area contributed by atoms with Gasteiger partial charge in [0.15, 0.2) is 0 Å². The molecule has 0 aliphatic heterocycles. The number of hydrogen-bond acceptors (Lipinski definition) is 4. The first-order valence-corrected chi connectivity index (χ1v) is 6.39. The summed E-state index contributed by atoms with van der Waals surface area (Å²) in [4.78, 5) is 26.8. The summed E-state index contributed by atoms with van der Waals surface area (Å²) in [5.41, 5.74) is -0.683. The molecule has 0 fully saturated rings. The number of rotatable bonds is 5. The lowest BCUT2D eigenvalue weighted by Crippen LogP contribution is -2.51. The molecule has 1 atom stereocenters. The number of terminal acetylenes is 1. The van der Waals surface area contributed by atoms with Crippen LogP contribution in [0.25, 0.3) is 0 Å². The summed E-state index contributed by atoms with van der Waals surface area (Å²) in [6, 6.07) is -1.69. The normalized spacial score (nSPS) is 12.3. The van der Waals surface area contributed by atoms with Crippen LogP contribution in [0.4, 0.5) is 4.79 Å². The molecule has 0 saturated carbocycles. The maximum atomic E-state index is 11.8. The molecular formula is C12H15N3O3S. The van der Waals surface area contributed by atoms with E-state index < -0.39 is 23.6 Å². The number of aromatic nitrogens is 1. The molecule has 0 bridgehead atoms. The minimum atomic E-state index is -1.17. The third-order valence-electron chi connectivity index (χ3n) is 2.32. The van der Waals surface area contributed by atoms with Crippen LogP contribution in [0, 0.1) is 12.3 Å². The minimum Gasteiger partial charge on any atom is -0.480 e. The van der Waals surface area contributed by atoms with Crippen molar-refractivity contribution in [3.63, 3.8) is 0 Å². The van der Waals surface area contributed by atoms with Gasteiger partial charge in [-0.3, -0.25) is 0 Å². The van der Waals surface area contributed by atoms with Gasteiger partial charge < -0.3 is 15.7 Å². The first kappa shape index (κ1) is 15.0. The summed E-state index contributed by atoms with van der Waals surface area (Å²) >= 11 is 1.41. The van der Waals surface area contributed by atoms with Crippen LogP contribution in [0.1, 0.15) is 25.3 Å². The van der Waals surface area contributed by atoms with Crippen molar-refractivity contribution in [2.24, 2.45) is 0 Å². The van der Waals surface area contributed by atoms with E-state index in [0.717, 1.165) is 5.01 Å². The number of thiazole rings is 1. The second-order valence-electron chi connectivity index (χ2n) is 4.36. The SMILES string of the molecule is C#CCC(NC(=O)NC(C)(C)c1nccs1)C(=O)O. The van der Waals surface area contributed by atoms with Crippen molar-refractivity contribution in [1.82, 2.24) is 15.6 Å². The molecule has 0 radical (unpaired) electrons. The molecule has 6 nitrogen and oxygen atoms in total. The molecule has 1 heterocycles. The van der Waals surface area contributed by atoms with Crippen molar-refractivity contribution in [3.8, 4) is 12.3 Å². The van der Waals surface area contributed by atoms with E-state index in [-0.39, 0.29) is 6.42 Å². The Bertz CT molecular complexity index is 491. The van der Waals surface area contributed by atoms with Gasteiger partial charge in [0.2, 0.25) is 0 Å². The number of urea groups is 1. The fourth-order valence-electron chi connectivity index (χ4n) is 1.38. The standard InChI is InChI=1S/C12H15N3O3S/c1-4-5-8(9(16)17)14-11(18)15-12(2,3)10-13-6-7-19-10/h1,6-8H,5H2,2-3H3,(H,16,17)(H2,14,15,18).